The number of likely N-dealkylation sites (N-methyl/N-ethyl adjacent to an activating group) is 1. The van der Waals surface area contributed by atoms with Gasteiger partial charge in [0, 0.05) is 32.6 Å². The summed E-state index contributed by atoms with van der Waals surface area (Å²) in [4.78, 5) is 36.0. The van der Waals surface area contributed by atoms with Crippen molar-refractivity contribution in [2.45, 2.75) is 51.8 Å². The number of carbonyl (C=O) groups is 1. The Morgan fingerprint density at radius 2 is 2.12 bits per heavy atom. The van der Waals surface area contributed by atoms with Gasteiger partial charge in [0.15, 0.2) is 0 Å². The zero-order chi connectivity index (χ0) is 18.2. The Labute approximate surface area is 147 Å². The van der Waals surface area contributed by atoms with Crippen molar-refractivity contribution in [3.05, 3.63) is 21.6 Å². The van der Waals surface area contributed by atoms with Crippen LogP contribution in [0.2, 0.25) is 0 Å². The van der Waals surface area contributed by atoms with Gasteiger partial charge >= 0.3 is 6.09 Å². The summed E-state index contributed by atoms with van der Waals surface area (Å²) in [6.07, 6.45) is 1.17. The first-order chi connectivity index (χ1) is 11.7. The highest BCUT2D eigenvalue weighted by molar-refractivity contribution is 5.68. The smallest absolute Gasteiger partial charge is 0.407 e. The van der Waals surface area contributed by atoms with Gasteiger partial charge in [-0.2, -0.15) is 0 Å². The summed E-state index contributed by atoms with van der Waals surface area (Å²) in [5, 5.41) is 2.89. The molecule has 1 atom stereocenters. The van der Waals surface area contributed by atoms with Gasteiger partial charge in [0.1, 0.15) is 5.60 Å². The highest BCUT2D eigenvalue weighted by atomic mass is 16.6. The molecule has 0 radical (unpaired) electrons. The van der Waals surface area contributed by atoms with E-state index in [4.69, 9.17) is 4.74 Å². The number of H-pyrrole nitrogens is 1. The fourth-order valence-electron chi connectivity index (χ4n) is 3.24. The number of hydrogen-bond acceptors (Lipinski definition) is 6. The van der Waals surface area contributed by atoms with Gasteiger partial charge in [-0.25, -0.2) is 9.78 Å². The zero-order valence-electron chi connectivity index (χ0n) is 15.4. The number of aromatic amines is 1. The molecular formula is C17H27N5O3. The number of aromatic nitrogens is 2. The van der Waals surface area contributed by atoms with Crippen molar-refractivity contribution in [2.75, 3.05) is 31.6 Å². The van der Waals surface area contributed by atoms with Crippen LogP contribution in [-0.2, 0) is 17.7 Å². The van der Waals surface area contributed by atoms with Gasteiger partial charge in [0.25, 0.3) is 5.56 Å². The summed E-state index contributed by atoms with van der Waals surface area (Å²) in [6.45, 7) is 8.42. The van der Waals surface area contributed by atoms with Gasteiger partial charge in [-0.05, 0) is 34.2 Å². The Morgan fingerprint density at radius 1 is 1.36 bits per heavy atom. The SMILES string of the molecule is CN1CCc2nc(N3CCC(NC(=O)OC(C)(C)C)C3)[nH]c(=O)c2C1. The number of fused-ring (bicyclic) bond motifs is 1. The van der Waals surface area contributed by atoms with Crippen LogP contribution in [0.25, 0.3) is 0 Å². The van der Waals surface area contributed by atoms with Crippen molar-refractivity contribution in [1.29, 1.82) is 0 Å². The van der Waals surface area contributed by atoms with Crippen LogP contribution in [0.4, 0.5) is 10.7 Å². The molecule has 0 spiro atoms. The topological polar surface area (TPSA) is 90.6 Å². The molecule has 0 aromatic carbocycles. The van der Waals surface area contributed by atoms with Crippen LogP contribution in [0.1, 0.15) is 38.4 Å². The molecule has 3 rings (SSSR count). The standard InChI is InChI=1S/C17H27N5O3/c1-17(2,3)25-16(24)18-11-5-8-22(9-11)15-19-13-6-7-21(4)10-12(13)14(23)20-15/h11H,5-10H2,1-4H3,(H,18,24)(H,19,20,23). The van der Waals surface area contributed by atoms with Gasteiger partial charge in [0.2, 0.25) is 5.95 Å². The molecule has 25 heavy (non-hydrogen) atoms. The molecule has 0 saturated carbocycles. The third-order valence-electron chi connectivity index (χ3n) is 4.46. The minimum absolute atomic E-state index is 0.0117. The van der Waals surface area contributed by atoms with Crippen LogP contribution in [0.3, 0.4) is 0 Å². The molecule has 1 amide bonds. The number of alkyl carbamates (subject to hydrolysis) is 1. The number of hydrogen-bond donors (Lipinski definition) is 2. The predicted octanol–water partition coefficient (Wildman–Crippen LogP) is 0.861. The number of rotatable bonds is 2. The molecule has 2 aliphatic rings. The lowest BCUT2D eigenvalue weighted by atomic mass is 10.1. The van der Waals surface area contributed by atoms with Crippen molar-refractivity contribution in [2.24, 2.45) is 0 Å². The second-order valence-corrected chi connectivity index (χ2v) is 7.88. The lowest BCUT2D eigenvalue weighted by Gasteiger charge is -2.25. The van der Waals surface area contributed by atoms with E-state index in [0.717, 1.165) is 37.2 Å². The molecule has 3 heterocycles. The molecule has 1 aromatic rings. The molecule has 8 heteroatoms. The van der Waals surface area contributed by atoms with Crippen molar-refractivity contribution in [3.8, 4) is 0 Å². The first-order valence-corrected chi connectivity index (χ1v) is 8.76. The average Bonchev–Trinajstić information content (AvgIpc) is 2.94. The van der Waals surface area contributed by atoms with E-state index >= 15 is 0 Å². The van der Waals surface area contributed by atoms with Crippen molar-refractivity contribution in [3.63, 3.8) is 0 Å². The number of nitrogens with one attached hydrogen (secondary N) is 2. The lowest BCUT2D eigenvalue weighted by molar-refractivity contribution is 0.0509. The summed E-state index contributed by atoms with van der Waals surface area (Å²) in [5.74, 6) is 0.599. The minimum atomic E-state index is -0.513. The van der Waals surface area contributed by atoms with Crippen LogP contribution in [0.5, 0.6) is 0 Å². The number of nitrogens with zero attached hydrogens (tertiary/aromatic N) is 3. The molecule has 2 aliphatic heterocycles. The molecule has 1 fully saturated rings. The maximum Gasteiger partial charge on any atom is 0.407 e. The molecule has 1 unspecified atom stereocenters. The Morgan fingerprint density at radius 3 is 2.84 bits per heavy atom. The summed E-state index contributed by atoms with van der Waals surface area (Å²) in [6, 6.07) is -0.0117. The van der Waals surface area contributed by atoms with E-state index in [2.05, 4.69) is 20.2 Å². The van der Waals surface area contributed by atoms with E-state index < -0.39 is 11.7 Å². The van der Waals surface area contributed by atoms with E-state index in [0.29, 0.717) is 19.0 Å². The highest BCUT2D eigenvalue weighted by Crippen LogP contribution is 2.19. The number of anilines is 1. The maximum atomic E-state index is 12.4. The van der Waals surface area contributed by atoms with Crippen LogP contribution < -0.4 is 15.8 Å². The van der Waals surface area contributed by atoms with Crippen molar-refractivity contribution < 1.29 is 9.53 Å². The minimum Gasteiger partial charge on any atom is -0.444 e. The van der Waals surface area contributed by atoms with Crippen LogP contribution >= 0.6 is 0 Å². The molecule has 0 aliphatic carbocycles. The highest BCUT2D eigenvalue weighted by Gasteiger charge is 2.28. The monoisotopic (exact) mass is 349 g/mol. The predicted molar refractivity (Wildman–Crippen MR) is 94.9 cm³/mol. The van der Waals surface area contributed by atoms with E-state index in [1.165, 1.54) is 0 Å². The Hall–Kier alpha value is -2.09. The van der Waals surface area contributed by atoms with Crippen molar-refractivity contribution >= 4 is 12.0 Å². The zero-order valence-corrected chi connectivity index (χ0v) is 15.4. The molecule has 0 bridgehead atoms. The Kier molecular flexibility index (Phi) is 4.73. The third-order valence-corrected chi connectivity index (χ3v) is 4.46. The molecule has 1 aromatic heterocycles. The summed E-state index contributed by atoms with van der Waals surface area (Å²) < 4.78 is 5.30. The van der Waals surface area contributed by atoms with E-state index in [1.807, 2.05) is 32.7 Å². The second-order valence-electron chi connectivity index (χ2n) is 7.88. The van der Waals surface area contributed by atoms with E-state index in [-0.39, 0.29) is 11.6 Å². The number of carbonyl (C=O) groups excluding carboxylic acids is 1. The Balaban J connectivity index is 1.65. The molecule has 138 valence electrons. The third kappa shape index (κ3) is 4.31. The van der Waals surface area contributed by atoms with Gasteiger partial charge in [-0.15, -0.1) is 0 Å². The summed E-state index contributed by atoms with van der Waals surface area (Å²) >= 11 is 0. The normalized spacial score (nSPS) is 21.1. The molecule has 8 nitrogen and oxygen atoms in total. The average molecular weight is 349 g/mol. The van der Waals surface area contributed by atoms with Crippen molar-refractivity contribution in [1.82, 2.24) is 20.2 Å². The molecular weight excluding hydrogens is 322 g/mol. The fourth-order valence-corrected chi connectivity index (χ4v) is 3.24. The van der Waals surface area contributed by atoms with Gasteiger partial charge < -0.3 is 19.9 Å². The largest absolute Gasteiger partial charge is 0.444 e. The Bertz CT molecular complexity index is 709. The summed E-state index contributed by atoms with van der Waals surface area (Å²) in [7, 11) is 2.00. The first-order valence-electron chi connectivity index (χ1n) is 8.76. The fraction of sp³-hybridized carbons (Fsp3) is 0.706. The van der Waals surface area contributed by atoms with Gasteiger partial charge in [0.05, 0.1) is 17.3 Å². The maximum absolute atomic E-state index is 12.4. The van der Waals surface area contributed by atoms with Crippen LogP contribution in [0, 0.1) is 0 Å². The van der Waals surface area contributed by atoms with Gasteiger partial charge in [-0.3, -0.25) is 9.78 Å². The number of amides is 1. The molecule has 1 saturated heterocycles. The molecule has 2 N–H and O–H groups in total. The van der Waals surface area contributed by atoms with Crippen LogP contribution in [-0.4, -0.2) is 59.3 Å². The van der Waals surface area contributed by atoms with Gasteiger partial charge in [-0.1, -0.05) is 0 Å². The van der Waals surface area contributed by atoms with E-state index in [1.54, 1.807) is 0 Å². The quantitative estimate of drug-likeness (QED) is 0.823. The number of ether oxygens (including phenoxy) is 1. The van der Waals surface area contributed by atoms with Crippen LogP contribution in [0.15, 0.2) is 4.79 Å². The lowest BCUT2D eigenvalue weighted by Crippen LogP contribution is -2.41. The summed E-state index contributed by atoms with van der Waals surface area (Å²) in [5.41, 5.74) is 1.08. The first kappa shape index (κ1) is 17.7. The second kappa shape index (κ2) is 6.67. The van der Waals surface area contributed by atoms with E-state index in [9.17, 15) is 9.59 Å².